The van der Waals surface area contributed by atoms with Crippen molar-refractivity contribution in [1.82, 2.24) is 14.8 Å². The number of fused-ring (bicyclic) bond motifs is 1. The Morgan fingerprint density at radius 2 is 1.79 bits per heavy atom. The standard InChI is InChI=1S/C25H18ClFN4OS/c1-15-22(23(26)31(30-15)14-16-10-12-17(27)13-11-16)24(32)28-19-7-3-2-6-18(19)25-29-20-8-4-5-9-21(20)33-25/h2-13H,14H2,1H3,(H,28,32). The van der Waals surface area contributed by atoms with E-state index < -0.39 is 0 Å². The minimum absolute atomic E-state index is 0.229. The lowest BCUT2D eigenvalue weighted by atomic mass is 10.1. The highest BCUT2D eigenvalue weighted by Crippen LogP contribution is 2.35. The first-order chi connectivity index (χ1) is 16.0. The number of halogens is 2. The Morgan fingerprint density at radius 1 is 1.06 bits per heavy atom. The molecule has 2 aromatic heterocycles. The molecule has 0 aliphatic heterocycles. The van der Waals surface area contributed by atoms with Crippen LogP contribution in [0.5, 0.6) is 0 Å². The predicted octanol–water partition coefficient (Wildman–Crippen LogP) is 6.56. The number of thiazole rings is 1. The number of benzene rings is 3. The predicted molar refractivity (Wildman–Crippen MR) is 130 cm³/mol. The number of aryl methyl sites for hydroxylation is 1. The summed E-state index contributed by atoms with van der Waals surface area (Å²) in [6, 6.07) is 21.6. The molecule has 0 radical (unpaired) electrons. The number of hydrogen-bond donors (Lipinski definition) is 1. The Bertz CT molecular complexity index is 1440. The van der Waals surface area contributed by atoms with Crippen molar-refractivity contribution in [2.24, 2.45) is 0 Å². The van der Waals surface area contributed by atoms with Crippen LogP contribution in [0.15, 0.2) is 72.8 Å². The highest BCUT2D eigenvalue weighted by atomic mass is 35.5. The summed E-state index contributed by atoms with van der Waals surface area (Å²) in [5.41, 5.74) is 4.03. The third-order valence-electron chi connectivity index (χ3n) is 5.24. The van der Waals surface area contributed by atoms with Gasteiger partial charge in [0.25, 0.3) is 5.91 Å². The van der Waals surface area contributed by atoms with Gasteiger partial charge >= 0.3 is 0 Å². The van der Waals surface area contributed by atoms with E-state index in [-0.39, 0.29) is 16.9 Å². The Labute approximate surface area is 198 Å². The van der Waals surface area contributed by atoms with E-state index in [1.165, 1.54) is 12.1 Å². The number of anilines is 1. The third-order valence-corrected chi connectivity index (χ3v) is 6.69. The van der Waals surface area contributed by atoms with Crippen LogP contribution in [0.1, 0.15) is 21.6 Å². The summed E-state index contributed by atoms with van der Waals surface area (Å²) < 4.78 is 15.8. The van der Waals surface area contributed by atoms with Crippen molar-refractivity contribution < 1.29 is 9.18 Å². The van der Waals surface area contributed by atoms with Gasteiger partial charge in [0.1, 0.15) is 16.0 Å². The van der Waals surface area contributed by atoms with E-state index in [0.717, 1.165) is 26.4 Å². The molecule has 1 N–H and O–H groups in total. The van der Waals surface area contributed by atoms with Crippen molar-refractivity contribution in [3.05, 3.63) is 101 Å². The average molecular weight is 477 g/mol. The molecule has 8 heteroatoms. The largest absolute Gasteiger partial charge is 0.321 e. The quantitative estimate of drug-likeness (QED) is 0.312. The second kappa shape index (κ2) is 8.77. The highest BCUT2D eigenvalue weighted by molar-refractivity contribution is 7.21. The molecular weight excluding hydrogens is 459 g/mol. The maximum Gasteiger partial charge on any atom is 0.260 e. The van der Waals surface area contributed by atoms with Crippen LogP contribution in [0.25, 0.3) is 20.8 Å². The van der Waals surface area contributed by atoms with Crippen molar-refractivity contribution in [3.8, 4) is 10.6 Å². The van der Waals surface area contributed by atoms with E-state index in [1.807, 2.05) is 48.5 Å². The summed E-state index contributed by atoms with van der Waals surface area (Å²) in [4.78, 5) is 17.9. The van der Waals surface area contributed by atoms with E-state index >= 15 is 0 Å². The van der Waals surface area contributed by atoms with Gasteiger partial charge in [-0.15, -0.1) is 11.3 Å². The van der Waals surface area contributed by atoms with Gasteiger partial charge in [0.15, 0.2) is 0 Å². The van der Waals surface area contributed by atoms with Crippen LogP contribution in [0.3, 0.4) is 0 Å². The average Bonchev–Trinajstić information content (AvgIpc) is 3.36. The molecule has 164 valence electrons. The SMILES string of the molecule is Cc1nn(Cc2ccc(F)cc2)c(Cl)c1C(=O)Nc1ccccc1-c1nc2ccccc2s1. The van der Waals surface area contributed by atoms with E-state index in [0.29, 0.717) is 23.5 Å². The van der Waals surface area contributed by atoms with Gasteiger partial charge in [-0.25, -0.2) is 14.1 Å². The van der Waals surface area contributed by atoms with Crippen LogP contribution >= 0.6 is 22.9 Å². The van der Waals surface area contributed by atoms with Gasteiger partial charge in [-0.2, -0.15) is 5.10 Å². The molecule has 5 nitrogen and oxygen atoms in total. The fourth-order valence-corrected chi connectivity index (χ4v) is 4.95. The van der Waals surface area contributed by atoms with Crippen LogP contribution in [0, 0.1) is 12.7 Å². The molecule has 5 rings (SSSR count). The van der Waals surface area contributed by atoms with Gasteiger partial charge < -0.3 is 5.32 Å². The number of amides is 1. The fourth-order valence-electron chi connectivity index (χ4n) is 3.63. The monoisotopic (exact) mass is 476 g/mol. The summed E-state index contributed by atoms with van der Waals surface area (Å²) >= 11 is 8.11. The number of hydrogen-bond acceptors (Lipinski definition) is 4. The second-order valence-electron chi connectivity index (χ2n) is 7.52. The molecule has 0 atom stereocenters. The summed E-state index contributed by atoms with van der Waals surface area (Å²) in [7, 11) is 0. The lowest BCUT2D eigenvalue weighted by Crippen LogP contribution is -2.14. The Morgan fingerprint density at radius 3 is 2.58 bits per heavy atom. The van der Waals surface area contributed by atoms with E-state index in [1.54, 1.807) is 35.1 Å². The minimum atomic E-state index is -0.351. The Kier molecular flexibility index (Phi) is 5.66. The van der Waals surface area contributed by atoms with E-state index in [2.05, 4.69) is 10.4 Å². The highest BCUT2D eigenvalue weighted by Gasteiger charge is 2.22. The molecule has 0 unspecified atom stereocenters. The molecule has 0 aliphatic carbocycles. The van der Waals surface area contributed by atoms with Crippen LogP contribution in [0.2, 0.25) is 5.15 Å². The van der Waals surface area contributed by atoms with Crippen LogP contribution in [0.4, 0.5) is 10.1 Å². The van der Waals surface area contributed by atoms with Gasteiger partial charge in [0.05, 0.1) is 33.7 Å². The van der Waals surface area contributed by atoms with E-state index in [4.69, 9.17) is 16.6 Å². The molecule has 33 heavy (non-hydrogen) atoms. The zero-order chi connectivity index (χ0) is 22.9. The van der Waals surface area contributed by atoms with Crippen molar-refractivity contribution in [2.45, 2.75) is 13.5 Å². The van der Waals surface area contributed by atoms with Gasteiger partial charge in [0.2, 0.25) is 0 Å². The van der Waals surface area contributed by atoms with Crippen molar-refractivity contribution >= 4 is 44.7 Å². The summed E-state index contributed by atoms with van der Waals surface area (Å²) in [5.74, 6) is -0.662. The van der Waals surface area contributed by atoms with Crippen LogP contribution in [-0.4, -0.2) is 20.7 Å². The molecule has 0 aliphatic rings. The maximum absolute atomic E-state index is 13.2. The smallest absolute Gasteiger partial charge is 0.260 e. The van der Waals surface area contributed by atoms with E-state index in [9.17, 15) is 9.18 Å². The summed E-state index contributed by atoms with van der Waals surface area (Å²) in [5, 5.41) is 8.45. The molecule has 0 saturated carbocycles. The molecule has 5 aromatic rings. The topological polar surface area (TPSA) is 59.8 Å². The molecule has 0 spiro atoms. The molecule has 0 bridgehead atoms. The van der Waals surface area contributed by atoms with Crippen molar-refractivity contribution in [2.75, 3.05) is 5.32 Å². The first kappa shape index (κ1) is 21.3. The molecular formula is C25H18ClFN4OS. The van der Waals surface area contributed by atoms with Crippen LogP contribution in [-0.2, 0) is 6.54 Å². The van der Waals surface area contributed by atoms with Crippen molar-refractivity contribution in [1.29, 1.82) is 0 Å². The number of aromatic nitrogens is 3. The molecule has 0 fully saturated rings. The van der Waals surface area contributed by atoms with Gasteiger partial charge in [-0.3, -0.25) is 4.79 Å². The number of carbonyl (C=O) groups excluding carboxylic acids is 1. The number of rotatable bonds is 5. The van der Waals surface area contributed by atoms with Gasteiger partial charge in [-0.05, 0) is 48.9 Å². The first-order valence-electron chi connectivity index (χ1n) is 10.2. The molecule has 2 heterocycles. The number of nitrogens with zero attached hydrogens (tertiary/aromatic N) is 3. The number of para-hydroxylation sites is 2. The first-order valence-corrected chi connectivity index (χ1v) is 11.4. The number of carbonyl (C=O) groups is 1. The molecule has 0 saturated heterocycles. The summed E-state index contributed by atoms with van der Waals surface area (Å²) in [6.45, 7) is 2.07. The zero-order valence-corrected chi connectivity index (χ0v) is 19.1. The van der Waals surface area contributed by atoms with Gasteiger partial charge in [0, 0.05) is 5.56 Å². The lowest BCUT2D eigenvalue weighted by Gasteiger charge is -2.09. The normalized spacial score (nSPS) is 11.1. The third kappa shape index (κ3) is 4.25. The van der Waals surface area contributed by atoms with Gasteiger partial charge in [-0.1, -0.05) is 48.0 Å². The molecule has 1 amide bonds. The van der Waals surface area contributed by atoms with Crippen molar-refractivity contribution in [3.63, 3.8) is 0 Å². The maximum atomic E-state index is 13.2. The lowest BCUT2D eigenvalue weighted by molar-refractivity contribution is 0.102. The zero-order valence-electron chi connectivity index (χ0n) is 17.5. The molecule has 3 aromatic carbocycles. The summed E-state index contributed by atoms with van der Waals surface area (Å²) in [6.07, 6.45) is 0. The Hall–Kier alpha value is -3.55. The Balaban J connectivity index is 1.44. The fraction of sp³-hybridized carbons (Fsp3) is 0.0800. The number of nitrogens with one attached hydrogen (secondary N) is 1. The second-order valence-corrected chi connectivity index (χ2v) is 8.91. The van der Waals surface area contributed by atoms with Crippen LogP contribution < -0.4 is 5.32 Å². The minimum Gasteiger partial charge on any atom is -0.321 e.